The number of ether oxygens (including phenoxy) is 1. The number of carbonyl (C=O) groups is 2. The molecule has 3 rings (SSSR count). The Kier molecular flexibility index (Phi) is 5.59. The van der Waals surface area contributed by atoms with Gasteiger partial charge in [-0.15, -0.1) is 0 Å². The van der Waals surface area contributed by atoms with Gasteiger partial charge in [-0.3, -0.25) is 9.59 Å². The van der Waals surface area contributed by atoms with Gasteiger partial charge in [0, 0.05) is 29.4 Å². The largest absolute Gasteiger partial charge is 0.462 e. The van der Waals surface area contributed by atoms with E-state index in [2.05, 4.69) is 5.32 Å². The SMILES string of the molecule is CCOC(=O)c1cn(CC)c2ccc(NC(=O)c3cccc(C)c3)cc2c1=O. The number of amides is 1. The van der Waals surface area contributed by atoms with E-state index in [1.807, 2.05) is 30.5 Å². The maximum atomic E-state index is 12.8. The number of hydrogen-bond donors (Lipinski definition) is 1. The first kappa shape index (κ1) is 19.4. The van der Waals surface area contributed by atoms with Crippen LogP contribution >= 0.6 is 0 Å². The van der Waals surface area contributed by atoms with Gasteiger partial charge in [-0.1, -0.05) is 17.7 Å². The van der Waals surface area contributed by atoms with Crippen LogP contribution in [0.25, 0.3) is 10.9 Å². The van der Waals surface area contributed by atoms with Crippen LogP contribution in [0.4, 0.5) is 5.69 Å². The lowest BCUT2D eigenvalue weighted by atomic mass is 10.1. The number of carbonyl (C=O) groups excluding carboxylic acids is 2. The van der Waals surface area contributed by atoms with Crippen molar-refractivity contribution in [2.24, 2.45) is 0 Å². The zero-order valence-corrected chi connectivity index (χ0v) is 16.1. The normalized spacial score (nSPS) is 10.7. The summed E-state index contributed by atoms with van der Waals surface area (Å²) in [4.78, 5) is 37.5. The van der Waals surface area contributed by atoms with Crippen LogP contribution in [0.1, 0.15) is 40.1 Å². The van der Waals surface area contributed by atoms with Crippen LogP contribution in [0, 0.1) is 6.92 Å². The highest BCUT2D eigenvalue weighted by atomic mass is 16.5. The Hall–Kier alpha value is -3.41. The molecule has 0 bridgehead atoms. The van der Waals surface area contributed by atoms with Crippen LogP contribution < -0.4 is 10.7 Å². The predicted molar refractivity (Wildman–Crippen MR) is 109 cm³/mol. The van der Waals surface area contributed by atoms with Crippen LogP contribution in [0.5, 0.6) is 0 Å². The molecule has 2 aromatic carbocycles. The van der Waals surface area contributed by atoms with Gasteiger partial charge in [0.1, 0.15) is 5.56 Å². The molecule has 1 N–H and O–H groups in total. The van der Waals surface area contributed by atoms with E-state index in [-0.39, 0.29) is 18.1 Å². The molecule has 0 aliphatic carbocycles. The number of nitrogens with zero attached hydrogens (tertiary/aromatic N) is 1. The van der Waals surface area contributed by atoms with Crippen molar-refractivity contribution >= 4 is 28.5 Å². The Balaban J connectivity index is 2.04. The van der Waals surface area contributed by atoms with Crippen LogP contribution in [0.15, 0.2) is 53.5 Å². The van der Waals surface area contributed by atoms with Gasteiger partial charge in [-0.25, -0.2) is 4.79 Å². The van der Waals surface area contributed by atoms with Crippen LogP contribution in [-0.2, 0) is 11.3 Å². The summed E-state index contributed by atoms with van der Waals surface area (Å²) >= 11 is 0. The van der Waals surface area contributed by atoms with Crippen LogP contribution in [0.3, 0.4) is 0 Å². The molecular formula is C22H22N2O4. The molecule has 1 amide bonds. The standard InChI is InChI=1S/C22H22N2O4/c1-4-24-13-18(22(27)28-5-2)20(25)17-12-16(9-10-19(17)24)23-21(26)15-8-6-7-14(3)11-15/h6-13H,4-5H2,1-3H3,(H,23,26). The lowest BCUT2D eigenvalue weighted by Gasteiger charge is -2.13. The predicted octanol–water partition coefficient (Wildman–Crippen LogP) is 3.76. The van der Waals surface area contributed by atoms with Crippen molar-refractivity contribution in [2.75, 3.05) is 11.9 Å². The van der Waals surface area contributed by atoms with E-state index in [1.165, 1.54) is 6.20 Å². The third-order valence-electron chi connectivity index (χ3n) is 4.45. The van der Waals surface area contributed by atoms with Crippen molar-refractivity contribution in [3.63, 3.8) is 0 Å². The van der Waals surface area contributed by atoms with E-state index in [0.29, 0.717) is 28.7 Å². The first-order valence-electron chi connectivity index (χ1n) is 9.17. The summed E-state index contributed by atoms with van der Waals surface area (Å²) in [6, 6.07) is 12.4. The first-order valence-corrected chi connectivity index (χ1v) is 9.17. The molecule has 0 aliphatic heterocycles. The van der Waals surface area contributed by atoms with E-state index in [9.17, 15) is 14.4 Å². The molecule has 3 aromatic rings. The quantitative estimate of drug-likeness (QED) is 0.686. The number of fused-ring (bicyclic) bond motifs is 1. The van der Waals surface area contributed by atoms with Gasteiger partial charge in [0.05, 0.1) is 12.1 Å². The summed E-state index contributed by atoms with van der Waals surface area (Å²) in [7, 11) is 0. The molecule has 28 heavy (non-hydrogen) atoms. The van der Waals surface area contributed by atoms with Crippen molar-refractivity contribution in [3.8, 4) is 0 Å². The second-order valence-electron chi connectivity index (χ2n) is 6.43. The number of anilines is 1. The van der Waals surface area contributed by atoms with E-state index in [0.717, 1.165) is 5.56 Å². The summed E-state index contributed by atoms with van der Waals surface area (Å²) in [5, 5.41) is 3.17. The van der Waals surface area contributed by atoms with Gasteiger partial charge in [-0.05, 0) is 51.1 Å². The monoisotopic (exact) mass is 378 g/mol. The van der Waals surface area contributed by atoms with Gasteiger partial charge in [0.15, 0.2) is 0 Å². The number of aryl methyl sites for hydroxylation is 2. The fraction of sp³-hybridized carbons (Fsp3) is 0.227. The van der Waals surface area contributed by atoms with Crippen LogP contribution in [0.2, 0.25) is 0 Å². The summed E-state index contributed by atoms with van der Waals surface area (Å²) in [5.74, 6) is -0.911. The third-order valence-corrected chi connectivity index (χ3v) is 4.45. The Labute approximate surface area is 162 Å². The fourth-order valence-corrected chi connectivity index (χ4v) is 3.08. The second kappa shape index (κ2) is 8.08. The van der Waals surface area contributed by atoms with Gasteiger partial charge in [-0.2, -0.15) is 0 Å². The summed E-state index contributed by atoms with van der Waals surface area (Å²) in [6.45, 7) is 6.30. The van der Waals surface area contributed by atoms with Gasteiger partial charge in [0.25, 0.3) is 5.91 Å². The van der Waals surface area contributed by atoms with E-state index < -0.39 is 11.4 Å². The van der Waals surface area contributed by atoms with Crippen molar-refractivity contribution in [1.82, 2.24) is 4.57 Å². The number of benzene rings is 2. The molecule has 6 heteroatoms. The molecule has 0 aliphatic rings. The fourth-order valence-electron chi connectivity index (χ4n) is 3.08. The highest BCUT2D eigenvalue weighted by Crippen LogP contribution is 2.19. The Bertz CT molecular complexity index is 1120. The average molecular weight is 378 g/mol. The molecule has 1 heterocycles. The van der Waals surface area contributed by atoms with E-state index in [1.54, 1.807) is 37.3 Å². The highest BCUT2D eigenvalue weighted by molar-refractivity contribution is 6.05. The smallest absolute Gasteiger partial charge is 0.343 e. The molecule has 0 unspecified atom stereocenters. The lowest BCUT2D eigenvalue weighted by molar-refractivity contribution is 0.0524. The number of hydrogen-bond acceptors (Lipinski definition) is 4. The highest BCUT2D eigenvalue weighted by Gasteiger charge is 2.17. The molecule has 0 radical (unpaired) electrons. The maximum Gasteiger partial charge on any atom is 0.343 e. The minimum atomic E-state index is -0.647. The summed E-state index contributed by atoms with van der Waals surface area (Å²) < 4.78 is 6.81. The molecule has 1 aromatic heterocycles. The molecule has 0 spiro atoms. The Morgan fingerprint density at radius 2 is 1.89 bits per heavy atom. The topological polar surface area (TPSA) is 77.4 Å². The van der Waals surface area contributed by atoms with Crippen molar-refractivity contribution in [1.29, 1.82) is 0 Å². The van der Waals surface area contributed by atoms with Gasteiger partial charge >= 0.3 is 5.97 Å². The minimum Gasteiger partial charge on any atom is -0.462 e. The molecule has 6 nitrogen and oxygen atoms in total. The van der Waals surface area contributed by atoms with E-state index in [4.69, 9.17) is 4.74 Å². The number of nitrogens with one attached hydrogen (secondary N) is 1. The summed E-state index contributed by atoms with van der Waals surface area (Å²) in [6.07, 6.45) is 1.52. The van der Waals surface area contributed by atoms with Gasteiger partial charge in [0.2, 0.25) is 5.43 Å². The van der Waals surface area contributed by atoms with Crippen molar-refractivity contribution in [3.05, 3.63) is 75.6 Å². The maximum absolute atomic E-state index is 12.8. The van der Waals surface area contributed by atoms with Crippen molar-refractivity contribution in [2.45, 2.75) is 27.3 Å². The van der Waals surface area contributed by atoms with Crippen LogP contribution in [-0.4, -0.2) is 23.1 Å². The minimum absolute atomic E-state index is 0.0154. The number of esters is 1. The number of rotatable bonds is 5. The molecular weight excluding hydrogens is 356 g/mol. The molecule has 0 atom stereocenters. The zero-order valence-electron chi connectivity index (χ0n) is 16.1. The lowest BCUT2D eigenvalue weighted by Crippen LogP contribution is -2.21. The Morgan fingerprint density at radius 3 is 2.57 bits per heavy atom. The first-order chi connectivity index (χ1) is 13.4. The third kappa shape index (κ3) is 3.81. The summed E-state index contributed by atoms with van der Waals surface area (Å²) in [5.41, 5.74) is 2.26. The van der Waals surface area contributed by atoms with Crippen molar-refractivity contribution < 1.29 is 14.3 Å². The zero-order chi connectivity index (χ0) is 20.3. The van der Waals surface area contributed by atoms with E-state index >= 15 is 0 Å². The Morgan fingerprint density at radius 1 is 1.11 bits per heavy atom. The molecule has 0 fully saturated rings. The average Bonchev–Trinajstić information content (AvgIpc) is 2.68. The van der Waals surface area contributed by atoms with Gasteiger partial charge < -0.3 is 14.6 Å². The number of pyridine rings is 1. The molecule has 0 saturated carbocycles. The molecule has 0 saturated heterocycles. The molecule has 144 valence electrons. The second-order valence-corrected chi connectivity index (χ2v) is 6.43. The number of aromatic nitrogens is 1.